The standard InChI is InChI=1S/C15H13BrF5N3O4S/c1-3-29(26,27)9-4-7(16)5-22-10(9)11-23-6-8(12(25)24(11)2)28-14(19)15(20,21)13(17)18/h4-6,13-14H,3H2,1-2H3. The maximum atomic E-state index is 13.4. The number of hydrogen-bond acceptors (Lipinski definition) is 6. The zero-order valence-corrected chi connectivity index (χ0v) is 17.1. The summed E-state index contributed by atoms with van der Waals surface area (Å²) in [5.41, 5.74) is -1.44. The number of pyridine rings is 1. The van der Waals surface area contributed by atoms with Gasteiger partial charge in [-0.1, -0.05) is 6.92 Å². The average molecular weight is 506 g/mol. The van der Waals surface area contributed by atoms with Crippen molar-refractivity contribution < 1.29 is 35.1 Å². The molecule has 0 aliphatic carbocycles. The van der Waals surface area contributed by atoms with Crippen LogP contribution in [0.2, 0.25) is 0 Å². The zero-order valence-electron chi connectivity index (χ0n) is 14.7. The first-order valence-corrected chi connectivity index (χ1v) is 10.2. The van der Waals surface area contributed by atoms with E-state index in [0.29, 0.717) is 15.2 Å². The van der Waals surface area contributed by atoms with Gasteiger partial charge < -0.3 is 4.74 Å². The first kappa shape index (κ1) is 23.2. The molecule has 14 heteroatoms. The normalized spacial score (nSPS) is 13.6. The van der Waals surface area contributed by atoms with Crippen LogP contribution in [0, 0.1) is 0 Å². The number of ether oxygens (including phenoxy) is 1. The van der Waals surface area contributed by atoms with E-state index in [1.807, 2.05) is 0 Å². The van der Waals surface area contributed by atoms with Crippen LogP contribution in [-0.2, 0) is 16.9 Å². The van der Waals surface area contributed by atoms with Crippen molar-refractivity contribution in [3.05, 3.63) is 33.3 Å². The zero-order chi connectivity index (χ0) is 22.1. The second kappa shape index (κ2) is 8.34. The lowest BCUT2D eigenvalue weighted by Gasteiger charge is -2.20. The van der Waals surface area contributed by atoms with Crippen molar-refractivity contribution in [2.75, 3.05) is 5.75 Å². The Balaban J connectivity index is 2.56. The van der Waals surface area contributed by atoms with Gasteiger partial charge >= 0.3 is 18.7 Å². The monoisotopic (exact) mass is 505 g/mol. The first-order valence-electron chi connectivity index (χ1n) is 7.74. The Hall–Kier alpha value is -2.09. The number of aromatic nitrogens is 3. The van der Waals surface area contributed by atoms with Crippen LogP contribution in [0.15, 0.2) is 32.6 Å². The fraction of sp³-hybridized carbons (Fsp3) is 0.400. The number of rotatable bonds is 7. The van der Waals surface area contributed by atoms with Crippen LogP contribution in [0.25, 0.3) is 11.5 Å². The van der Waals surface area contributed by atoms with Gasteiger partial charge in [0.2, 0.25) is 5.75 Å². The van der Waals surface area contributed by atoms with Crippen molar-refractivity contribution in [1.82, 2.24) is 14.5 Å². The molecule has 0 fully saturated rings. The molecule has 0 N–H and O–H groups in total. The third-order valence-corrected chi connectivity index (χ3v) is 5.88. The van der Waals surface area contributed by atoms with Gasteiger partial charge in [-0.05, 0) is 22.0 Å². The van der Waals surface area contributed by atoms with Crippen LogP contribution < -0.4 is 10.3 Å². The minimum absolute atomic E-state index is 0.226. The van der Waals surface area contributed by atoms with Crippen molar-refractivity contribution in [3.8, 4) is 17.3 Å². The van der Waals surface area contributed by atoms with E-state index >= 15 is 0 Å². The molecule has 2 aromatic heterocycles. The van der Waals surface area contributed by atoms with Gasteiger partial charge in [0.25, 0.3) is 5.56 Å². The fourth-order valence-corrected chi connectivity index (χ4v) is 3.63. The molecule has 2 aromatic rings. The predicted molar refractivity (Wildman–Crippen MR) is 94.6 cm³/mol. The fourth-order valence-electron chi connectivity index (χ4n) is 2.09. The Bertz CT molecular complexity index is 1080. The highest BCUT2D eigenvalue weighted by atomic mass is 79.9. The van der Waals surface area contributed by atoms with Gasteiger partial charge in [-0.2, -0.15) is 13.2 Å². The van der Waals surface area contributed by atoms with Crippen LogP contribution in [0.3, 0.4) is 0 Å². The summed E-state index contributed by atoms with van der Waals surface area (Å²) < 4.78 is 93.6. The van der Waals surface area contributed by atoms with Gasteiger partial charge in [-0.25, -0.2) is 22.2 Å². The lowest BCUT2D eigenvalue weighted by molar-refractivity contribution is -0.221. The maximum Gasteiger partial charge on any atom is 0.372 e. The number of sulfone groups is 1. The molecule has 0 spiro atoms. The summed E-state index contributed by atoms with van der Waals surface area (Å²) >= 11 is 3.08. The van der Waals surface area contributed by atoms with Gasteiger partial charge in [-0.15, -0.1) is 0 Å². The Kier molecular flexibility index (Phi) is 6.67. The molecule has 1 atom stereocenters. The van der Waals surface area contributed by atoms with E-state index in [-0.39, 0.29) is 22.2 Å². The minimum atomic E-state index is -5.15. The third-order valence-electron chi connectivity index (χ3n) is 3.71. The molecule has 0 aliphatic heterocycles. The Morgan fingerprint density at radius 1 is 1.24 bits per heavy atom. The summed E-state index contributed by atoms with van der Waals surface area (Å²) in [6.07, 6.45) is -6.40. The van der Waals surface area contributed by atoms with Crippen LogP contribution in [0.1, 0.15) is 6.92 Å². The molecule has 2 rings (SSSR count). The highest BCUT2D eigenvalue weighted by Gasteiger charge is 2.52. The summed E-state index contributed by atoms with van der Waals surface area (Å²) in [6, 6.07) is 1.23. The van der Waals surface area contributed by atoms with E-state index < -0.39 is 39.9 Å². The van der Waals surface area contributed by atoms with Gasteiger partial charge in [-0.3, -0.25) is 14.3 Å². The second-order valence-electron chi connectivity index (χ2n) is 5.62. The van der Waals surface area contributed by atoms with E-state index in [4.69, 9.17) is 0 Å². The topological polar surface area (TPSA) is 91.2 Å². The van der Waals surface area contributed by atoms with Crippen LogP contribution in [0.5, 0.6) is 5.75 Å². The van der Waals surface area contributed by atoms with Crippen molar-refractivity contribution in [2.45, 2.75) is 30.5 Å². The van der Waals surface area contributed by atoms with E-state index in [1.165, 1.54) is 19.2 Å². The molecule has 29 heavy (non-hydrogen) atoms. The first-order chi connectivity index (χ1) is 13.3. The van der Waals surface area contributed by atoms with E-state index in [1.54, 1.807) is 0 Å². The van der Waals surface area contributed by atoms with E-state index in [0.717, 1.165) is 7.05 Å². The summed E-state index contributed by atoms with van der Waals surface area (Å²) in [7, 11) is -2.74. The molecular weight excluding hydrogens is 493 g/mol. The molecule has 7 nitrogen and oxygen atoms in total. The van der Waals surface area contributed by atoms with Crippen molar-refractivity contribution in [2.24, 2.45) is 7.05 Å². The largest absolute Gasteiger partial charge is 0.446 e. The van der Waals surface area contributed by atoms with Crippen LogP contribution >= 0.6 is 15.9 Å². The number of halogens is 6. The predicted octanol–water partition coefficient (Wildman–Crippen LogP) is 2.97. The SMILES string of the molecule is CCS(=O)(=O)c1cc(Br)cnc1-c1ncc(OC(F)C(F)(F)C(F)F)c(=O)n1C. The van der Waals surface area contributed by atoms with Gasteiger partial charge in [0.15, 0.2) is 15.7 Å². The molecule has 0 bridgehead atoms. The second-order valence-corrected chi connectivity index (χ2v) is 8.79. The van der Waals surface area contributed by atoms with Crippen molar-refractivity contribution in [3.63, 3.8) is 0 Å². The highest BCUT2D eigenvalue weighted by Crippen LogP contribution is 2.31. The Labute approximate surface area is 169 Å². The van der Waals surface area contributed by atoms with Gasteiger partial charge in [0.1, 0.15) is 5.69 Å². The average Bonchev–Trinajstić information content (AvgIpc) is 2.65. The molecule has 0 radical (unpaired) electrons. The molecule has 0 saturated heterocycles. The minimum Gasteiger partial charge on any atom is -0.446 e. The lowest BCUT2D eigenvalue weighted by Crippen LogP contribution is -2.42. The molecule has 0 aromatic carbocycles. The van der Waals surface area contributed by atoms with Crippen molar-refractivity contribution >= 4 is 25.8 Å². The summed E-state index contributed by atoms with van der Waals surface area (Å²) in [5, 5.41) is 0. The van der Waals surface area contributed by atoms with Gasteiger partial charge in [0.05, 0.1) is 16.8 Å². The summed E-state index contributed by atoms with van der Waals surface area (Å²) in [4.78, 5) is 19.7. The molecule has 1 unspecified atom stereocenters. The van der Waals surface area contributed by atoms with Gasteiger partial charge in [0, 0.05) is 17.7 Å². The smallest absolute Gasteiger partial charge is 0.372 e. The number of hydrogen-bond donors (Lipinski definition) is 0. The maximum absolute atomic E-state index is 13.4. The Morgan fingerprint density at radius 2 is 1.86 bits per heavy atom. The van der Waals surface area contributed by atoms with E-state index in [2.05, 4.69) is 30.6 Å². The molecule has 160 valence electrons. The van der Waals surface area contributed by atoms with E-state index in [9.17, 15) is 35.2 Å². The third kappa shape index (κ3) is 4.57. The molecule has 0 aliphatic rings. The van der Waals surface area contributed by atoms with Crippen LogP contribution in [-0.4, -0.2) is 47.4 Å². The lowest BCUT2D eigenvalue weighted by atomic mass is 10.3. The number of nitrogens with zero attached hydrogens (tertiary/aromatic N) is 3. The quantitative estimate of drug-likeness (QED) is 0.537. The molecule has 2 heterocycles. The summed E-state index contributed by atoms with van der Waals surface area (Å²) in [6.45, 7) is 1.38. The number of alkyl halides is 5. The summed E-state index contributed by atoms with van der Waals surface area (Å²) in [5.74, 6) is -6.81. The molecule has 0 saturated carbocycles. The Morgan fingerprint density at radius 3 is 2.41 bits per heavy atom. The highest BCUT2D eigenvalue weighted by molar-refractivity contribution is 9.10. The molecular formula is C15H13BrF5N3O4S. The van der Waals surface area contributed by atoms with Crippen molar-refractivity contribution in [1.29, 1.82) is 0 Å². The van der Waals surface area contributed by atoms with Crippen LogP contribution in [0.4, 0.5) is 22.0 Å². The molecule has 0 amide bonds.